The quantitative estimate of drug-likeness (QED) is 0.0716. The second-order valence-corrected chi connectivity index (χ2v) is 15.2. The summed E-state index contributed by atoms with van der Waals surface area (Å²) in [5.41, 5.74) is -1.15. The fourth-order valence-corrected chi connectivity index (χ4v) is 5.97. The van der Waals surface area contributed by atoms with E-state index in [9.17, 15) is 19.2 Å². The minimum absolute atomic E-state index is 0.0242. The molecule has 0 bridgehead atoms. The summed E-state index contributed by atoms with van der Waals surface area (Å²) in [6, 6.07) is 2.25. The number of carbonyl (C=O) groups is 4. The molecule has 0 aromatic heterocycles. The molecule has 48 heavy (non-hydrogen) atoms. The summed E-state index contributed by atoms with van der Waals surface area (Å²) in [7, 11) is 0. The van der Waals surface area contributed by atoms with Crippen molar-refractivity contribution in [3.05, 3.63) is 53.4 Å². The maximum Gasteiger partial charge on any atom is 0.423 e. The molecule has 0 atom stereocenters. The van der Waals surface area contributed by atoms with E-state index in [0.717, 1.165) is 50.7 Å². The molecule has 0 N–H and O–H groups in total. The average molecular weight is 789 g/mol. The first-order valence-electron chi connectivity index (χ1n) is 15.5. The molecular weight excluding hydrogens is 749 g/mol. The molecule has 2 aromatic rings. The molecule has 0 radical (unpaired) electrons. The van der Waals surface area contributed by atoms with E-state index in [-0.39, 0.29) is 54.2 Å². The third-order valence-electron chi connectivity index (χ3n) is 7.66. The second-order valence-electron chi connectivity index (χ2n) is 12.8. The van der Waals surface area contributed by atoms with Crippen molar-refractivity contribution in [1.29, 1.82) is 0 Å². The molecule has 0 amide bonds. The van der Waals surface area contributed by atoms with Gasteiger partial charge in [0.05, 0.1) is 43.3 Å². The van der Waals surface area contributed by atoms with E-state index in [1.807, 2.05) is 0 Å². The van der Waals surface area contributed by atoms with E-state index in [2.05, 4.69) is 41.5 Å². The van der Waals surface area contributed by atoms with Crippen molar-refractivity contribution < 1.29 is 38.1 Å². The molecular formula is C34H40Cl6O8. The van der Waals surface area contributed by atoms with Crippen LogP contribution in [-0.2, 0) is 19.1 Å². The fourth-order valence-electron chi connectivity index (χ4n) is 4.54. The Bertz CT molecular complexity index is 1390. The summed E-state index contributed by atoms with van der Waals surface area (Å²) >= 11 is 37.4. The smallest absolute Gasteiger partial charge is 0.423 e. The molecule has 0 saturated carbocycles. The molecule has 8 nitrogen and oxygen atoms in total. The number of hydrogen-bond donors (Lipinski definition) is 0. The van der Waals surface area contributed by atoms with Crippen LogP contribution in [0, 0.1) is 10.8 Å². The van der Waals surface area contributed by atoms with Gasteiger partial charge in [0, 0.05) is 0 Å². The number of unbranched alkanes of at least 4 members (excludes halogenated alkanes) is 2. The van der Waals surface area contributed by atoms with E-state index >= 15 is 0 Å². The van der Waals surface area contributed by atoms with E-state index < -0.39 is 46.5 Å². The van der Waals surface area contributed by atoms with Crippen LogP contribution in [0.25, 0.3) is 0 Å². The number of benzene rings is 2. The van der Waals surface area contributed by atoms with Crippen LogP contribution in [0.2, 0.25) is 30.1 Å². The van der Waals surface area contributed by atoms with Gasteiger partial charge in [-0.15, -0.1) is 0 Å². The fraction of sp³-hybridized carbons (Fsp3) is 0.529. The van der Waals surface area contributed by atoms with Gasteiger partial charge in [-0.2, -0.15) is 0 Å². The van der Waals surface area contributed by atoms with Crippen molar-refractivity contribution >= 4 is 93.5 Å². The van der Waals surface area contributed by atoms with Gasteiger partial charge in [0.25, 0.3) is 0 Å². The predicted molar refractivity (Wildman–Crippen MR) is 191 cm³/mol. The highest BCUT2D eigenvalue weighted by Crippen LogP contribution is 2.42. The minimum atomic E-state index is -1.65. The summed E-state index contributed by atoms with van der Waals surface area (Å²) in [5.74, 6) is -6.44. The van der Waals surface area contributed by atoms with Crippen LogP contribution in [0.15, 0.2) is 12.1 Å². The zero-order valence-corrected chi connectivity index (χ0v) is 32.3. The molecule has 0 spiro atoms. The molecule has 0 aliphatic rings. The predicted octanol–water partition coefficient (Wildman–Crippen LogP) is 11.6. The molecule has 0 fully saturated rings. The standard InChI is InChI=1S/C34H40Cl6O8/c1-7-9-11-33(3,4)13-15-45-29(41)23-25(39)19(35)17-21(37)27(23)47-31(43)32(44)48-28-22(38)18-20(36)26(40)24(28)30(42)46-16-14-34(5,6)12-10-8-2/h17-18H,7-16H2,1-6H3. The maximum atomic E-state index is 13.1. The van der Waals surface area contributed by atoms with Crippen LogP contribution in [-0.4, -0.2) is 37.1 Å². The molecule has 2 aromatic carbocycles. The minimum Gasteiger partial charge on any atom is -0.462 e. The highest BCUT2D eigenvalue weighted by atomic mass is 35.5. The first kappa shape index (κ1) is 42.2. The number of halogens is 6. The van der Waals surface area contributed by atoms with Crippen molar-refractivity contribution in [2.24, 2.45) is 10.8 Å². The van der Waals surface area contributed by atoms with Gasteiger partial charge in [-0.05, 0) is 48.6 Å². The van der Waals surface area contributed by atoms with Gasteiger partial charge in [-0.25, -0.2) is 19.2 Å². The van der Waals surface area contributed by atoms with Crippen LogP contribution in [0.1, 0.15) is 114 Å². The zero-order chi connectivity index (χ0) is 36.4. The first-order chi connectivity index (χ1) is 22.4. The van der Waals surface area contributed by atoms with Crippen molar-refractivity contribution in [2.45, 2.75) is 92.9 Å². The van der Waals surface area contributed by atoms with Crippen molar-refractivity contribution in [3.63, 3.8) is 0 Å². The topological polar surface area (TPSA) is 105 Å². The third-order valence-corrected chi connectivity index (χ3v) is 9.79. The lowest BCUT2D eigenvalue weighted by molar-refractivity contribution is -0.156. The SMILES string of the molecule is CCCCC(C)(C)CCOC(=O)c1c(Cl)c(Cl)cc(Cl)c1OC(=O)C(=O)Oc1c(Cl)cc(Cl)c(Cl)c1C(=O)OCCC(C)(C)CCCC. The lowest BCUT2D eigenvalue weighted by Crippen LogP contribution is -2.27. The van der Waals surface area contributed by atoms with E-state index in [1.54, 1.807) is 0 Å². The Morgan fingerprint density at radius 2 is 0.896 bits per heavy atom. The number of ether oxygens (including phenoxy) is 4. The molecule has 0 unspecified atom stereocenters. The molecule has 14 heteroatoms. The summed E-state index contributed by atoms with van der Waals surface area (Å²) < 4.78 is 21.2. The normalized spacial score (nSPS) is 11.7. The first-order valence-corrected chi connectivity index (χ1v) is 17.8. The van der Waals surface area contributed by atoms with Gasteiger partial charge in [0.15, 0.2) is 11.5 Å². The lowest BCUT2D eigenvalue weighted by Gasteiger charge is -2.24. The molecule has 0 aliphatic carbocycles. The van der Waals surface area contributed by atoms with Gasteiger partial charge in [0.2, 0.25) is 0 Å². The Labute approximate surface area is 311 Å². The number of hydrogen-bond acceptors (Lipinski definition) is 8. The number of carbonyl (C=O) groups excluding carboxylic acids is 4. The van der Waals surface area contributed by atoms with E-state index in [0.29, 0.717) is 12.8 Å². The molecule has 2 rings (SSSR count). The molecule has 0 aliphatic heterocycles. The van der Waals surface area contributed by atoms with Gasteiger partial charge in [0.1, 0.15) is 11.1 Å². The number of rotatable bonds is 16. The van der Waals surface area contributed by atoms with E-state index in [1.165, 1.54) is 0 Å². The van der Waals surface area contributed by atoms with Gasteiger partial charge < -0.3 is 18.9 Å². The van der Waals surface area contributed by atoms with Crippen LogP contribution < -0.4 is 9.47 Å². The Kier molecular flexibility index (Phi) is 16.6. The van der Waals surface area contributed by atoms with Crippen LogP contribution in [0.4, 0.5) is 0 Å². The molecule has 0 heterocycles. The highest BCUT2D eigenvalue weighted by molar-refractivity contribution is 6.47. The van der Waals surface area contributed by atoms with Gasteiger partial charge in [-0.3, -0.25) is 0 Å². The van der Waals surface area contributed by atoms with Crippen molar-refractivity contribution in [2.75, 3.05) is 13.2 Å². The van der Waals surface area contributed by atoms with Crippen LogP contribution >= 0.6 is 69.6 Å². The Morgan fingerprint density at radius 3 is 1.21 bits per heavy atom. The van der Waals surface area contributed by atoms with Crippen molar-refractivity contribution in [1.82, 2.24) is 0 Å². The van der Waals surface area contributed by atoms with Crippen LogP contribution in [0.3, 0.4) is 0 Å². The average Bonchev–Trinajstić information content (AvgIpc) is 3.00. The summed E-state index contributed by atoms with van der Waals surface area (Å²) in [5, 5.41) is -1.53. The lowest BCUT2D eigenvalue weighted by atomic mass is 9.84. The third kappa shape index (κ3) is 12.1. The van der Waals surface area contributed by atoms with E-state index in [4.69, 9.17) is 88.6 Å². The zero-order valence-electron chi connectivity index (χ0n) is 27.8. The van der Waals surface area contributed by atoms with Crippen LogP contribution in [0.5, 0.6) is 11.5 Å². The van der Waals surface area contributed by atoms with Gasteiger partial charge in [-0.1, -0.05) is 137 Å². The summed E-state index contributed by atoms with van der Waals surface area (Å²) in [6.07, 6.45) is 7.01. The monoisotopic (exact) mass is 786 g/mol. The molecule has 266 valence electrons. The Morgan fingerprint density at radius 1 is 0.562 bits per heavy atom. The summed E-state index contributed by atoms with van der Waals surface area (Å²) in [6.45, 7) is 12.4. The molecule has 0 saturated heterocycles. The Hall–Kier alpha value is -1.94. The number of esters is 4. The second kappa shape index (κ2) is 18.9. The van der Waals surface area contributed by atoms with Gasteiger partial charge >= 0.3 is 23.9 Å². The largest absolute Gasteiger partial charge is 0.462 e. The highest BCUT2D eigenvalue weighted by Gasteiger charge is 2.32. The Balaban J connectivity index is 2.29. The maximum absolute atomic E-state index is 13.1. The summed E-state index contributed by atoms with van der Waals surface area (Å²) in [4.78, 5) is 52.3. The van der Waals surface area contributed by atoms with Crippen molar-refractivity contribution in [3.8, 4) is 11.5 Å².